The summed E-state index contributed by atoms with van der Waals surface area (Å²) in [6.45, 7) is 3.91. The number of rotatable bonds is 5. The number of benzene rings is 1. The summed E-state index contributed by atoms with van der Waals surface area (Å²) in [4.78, 5) is 2.43. The normalized spacial score (nSPS) is 16.3. The zero-order valence-electron chi connectivity index (χ0n) is 11.0. The molecule has 5 heteroatoms. The summed E-state index contributed by atoms with van der Waals surface area (Å²) in [7, 11) is 0. The minimum Gasteiger partial charge on any atom is -0.491 e. The van der Waals surface area contributed by atoms with Gasteiger partial charge in [0.05, 0.1) is 5.56 Å². The second-order valence-electron chi connectivity index (χ2n) is 4.80. The van der Waals surface area contributed by atoms with Crippen LogP contribution in [0.15, 0.2) is 22.7 Å². The van der Waals surface area contributed by atoms with Gasteiger partial charge in [-0.3, -0.25) is 10.3 Å². The molecule has 104 valence electrons. The standard InChI is InChI=1S/C14H20BrN3O/c15-11-4-5-12(14(16)17)13(10-11)19-9-8-18-6-2-1-3-7-18/h4-5,10H,1-3,6-9H2,(H3,16,17). The molecule has 1 aliphatic rings. The Labute approximate surface area is 122 Å². The van der Waals surface area contributed by atoms with Crippen molar-refractivity contribution in [2.75, 3.05) is 26.2 Å². The van der Waals surface area contributed by atoms with Crippen LogP contribution in [-0.2, 0) is 0 Å². The van der Waals surface area contributed by atoms with Gasteiger partial charge in [0, 0.05) is 11.0 Å². The fraction of sp³-hybridized carbons (Fsp3) is 0.500. The highest BCUT2D eigenvalue weighted by Crippen LogP contribution is 2.23. The number of piperidine rings is 1. The molecule has 1 aromatic carbocycles. The van der Waals surface area contributed by atoms with Crippen molar-refractivity contribution in [2.24, 2.45) is 5.73 Å². The third-order valence-corrected chi connectivity index (χ3v) is 3.84. The summed E-state index contributed by atoms with van der Waals surface area (Å²) in [5.74, 6) is 0.722. The summed E-state index contributed by atoms with van der Waals surface area (Å²) in [5.41, 5.74) is 6.21. The lowest BCUT2D eigenvalue weighted by Crippen LogP contribution is -2.33. The zero-order valence-corrected chi connectivity index (χ0v) is 12.6. The van der Waals surface area contributed by atoms with Gasteiger partial charge in [0.1, 0.15) is 18.2 Å². The van der Waals surface area contributed by atoms with Crippen LogP contribution in [0.3, 0.4) is 0 Å². The molecule has 0 aliphatic carbocycles. The van der Waals surface area contributed by atoms with Crippen LogP contribution in [0.2, 0.25) is 0 Å². The third kappa shape index (κ3) is 4.21. The molecule has 0 bridgehead atoms. The van der Waals surface area contributed by atoms with Gasteiger partial charge < -0.3 is 10.5 Å². The molecule has 1 aliphatic heterocycles. The van der Waals surface area contributed by atoms with Crippen molar-refractivity contribution in [1.82, 2.24) is 4.90 Å². The summed E-state index contributed by atoms with van der Waals surface area (Å²) in [6, 6.07) is 5.55. The lowest BCUT2D eigenvalue weighted by molar-refractivity contribution is 0.183. The minimum atomic E-state index is 0.0421. The summed E-state index contributed by atoms with van der Waals surface area (Å²) in [5, 5.41) is 7.55. The number of nitrogen functional groups attached to an aromatic ring is 1. The van der Waals surface area contributed by atoms with Crippen molar-refractivity contribution in [3.05, 3.63) is 28.2 Å². The monoisotopic (exact) mass is 325 g/mol. The molecule has 0 unspecified atom stereocenters. The second kappa shape index (κ2) is 6.91. The maximum absolute atomic E-state index is 7.55. The highest BCUT2D eigenvalue weighted by atomic mass is 79.9. The van der Waals surface area contributed by atoms with Gasteiger partial charge in [-0.15, -0.1) is 0 Å². The van der Waals surface area contributed by atoms with E-state index in [0.717, 1.165) is 11.0 Å². The fourth-order valence-electron chi connectivity index (χ4n) is 2.31. The van der Waals surface area contributed by atoms with Gasteiger partial charge in [-0.05, 0) is 44.1 Å². The smallest absolute Gasteiger partial charge is 0.131 e. The Bertz CT molecular complexity index is 444. The highest BCUT2D eigenvalue weighted by Gasteiger charge is 2.11. The number of ether oxygens (including phenoxy) is 1. The van der Waals surface area contributed by atoms with Gasteiger partial charge in [-0.1, -0.05) is 22.4 Å². The number of hydrogen-bond acceptors (Lipinski definition) is 3. The Hall–Kier alpha value is -1.07. The molecule has 2 rings (SSSR count). The summed E-state index contributed by atoms with van der Waals surface area (Å²) in [6.07, 6.45) is 3.92. The van der Waals surface area contributed by atoms with E-state index in [0.29, 0.717) is 17.9 Å². The minimum absolute atomic E-state index is 0.0421. The van der Waals surface area contributed by atoms with Crippen LogP contribution in [0.25, 0.3) is 0 Å². The molecular formula is C14H20BrN3O. The Kier molecular flexibility index (Phi) is 5.22. The molecule has 0 spiro atoms. The first kappa shape index (κ1) is 14.3. The van der Waals surface area contributed by atoms with Gasteiger partial charge in [0.2, 0.25) is 0 Å². The van der Waals surface area contributed by atoms with E-state index in [1.54, 1.807) is 0 Å². The molecule has 0 radical (unpaired) electrons. The van der Waals surface area contributed by atoms with Crippen LogP contribution in [-0.4, -0.2) is 37.0 Å². The zero-order chi connectivity index (χ0) is 13.7. The van der Waals surface area contributed by atoms with Gasteiger partial charge in [-0.2, -0.15) is 0 Å². The number of nitrogens with two attached hydrogens (primary N) is 1. The Morgan fingerprint density at radius 3 is 2.74 bits per heavy atom. The van der Waals surface area contributed by atoms with Crippen molar-refractivity contribution in [2.45, 2.75) is 19.3 Å². The fourth-order valence-corrected chi connectivity index (χ4v) is 2.65. The van der Waals surface area contributed by atoms with E-state index in [1.165, 1.54) is 32.4 Å². The molecule has 1 heterocycles. The van der Waals surface area contributed by atoms with Gasteiger partial charge >= 0.3 is 0 Å². The van der Waals surface area contributed by atoms with Crippen LogP contribution >= 0.6 is 15.9 Å². The van der Waals surface area contributed by atoms with Crippen LogP contribution in [0.4, 0.5) is 0 Å². The second-order valence-corrected chi connectivity index (χ2v) is 5.72. The van der Waals surface area contributed by atoms with E-state index in [2.05, 4.69) is 20.8 Å². The van der Waals surface area contributed by atoms with Crippen molar-refractivity contribution in [1.29, 1.82) is 5.41 Å². The van der Waals surface area contributed by atoms with E-state index >= 15 is 0 Å². The third-order valence-electron chi connectivity index (χ3n) is 3.35. The molecule has 4 nitrogen and oxygen atoms in total. The van der Waals surface area contributed by atoms with Gasteiger partial charge in [0.25, 0.3) is 0 Å². The first-order valence-electron chi connectivity index (χ1n) is 6.66. The average Bonchev–Trinajstić information content (AvgIpc) is 2.39. The van der Waals surface area contributed by atoms with Crippen LogP contribution in [0.1, 0.15) is 24.8 Å². The molecule has 3 N–H and O–H groups in total. The quantitative estimate of drug-likeness (QED) is 0.646. The number of amidine groups is 1. The summed E-state index contributed by atoms with van der Waals surface area (Å²) < 4.78 is 6.73. The topological polar surface area (TPSA) is 62.3 Å². The first-order chi connectivity index (χ1) is 9.16. The van der Waals surface area contributed by atoms with Gasteiger partial charge in [-0.25, -0.2) is 0 Å². The average molecular weight is 326 g/mol. The molecule has 1 aromatic rings. The largest absolute Gasteiger partial charge is 0.491 e. The van der Waals surface area contributed by atoms with Crippen molar-refractivity contribution < 1.29 is 4.74 Å². The number of likely N-dealkylation sites (tertiary alicyclic amines) is 1. The maximum Gasteiger partial charge on any atom is 0.131 e. The van der Waals surface area contributed by atoms with Crippen molar-refractivity contribution in [3.63, 3.8) is 0 Å². The molecule has 0 aromatic heterocycles. The summed E-state index contributed by atoms with van der Waals surface area (Å²) >= 11 is 3.41. The molecule has 0 atom stereocenters. The maximum atomic E-state index is 7.55. The van der Waals surface area contributed by atoms with Crippen LogP contribution in [0, 0.1) is 5.41 Å². The number of nitrogens with zero attached hydrogens (tertiary/aromatic N) is 1. The SMILES string of the molecule is N=C(N)c1ccc(Br)cc1OCCN1CCCCC1. The van der Waals surface area contributed by atoms with E-state index in [9.17, 15) is 0 Å². The Morgan fingerprint density at radius 1 is 1.32 bits per heavy atom. The molecule has 1 saturated heterocycles. The number of nitrogens with one attached hydrogen (secondary N) is 1. The highest BCUT2D eigenvalue weighted by molar-refractivity contribution is 9.10. The Balaban J connectivity index is 1.91. The number of hydrogen-bond donors (Lipinski definition) is 2. The molecule has 0 saturated carbocycles. The molecule has 1 fully saturated rings. The predicted molar refractivity (Wildman–Crippen MR) is 80.9 cm³/mol. The number of halogens is 1. The van der Waals surface area contributed by atoms with E-state index in [1.807, 2.05) is 18.2 Å². The van der Waals surface area contributed by atoms with E-state index < -0.39 is 0 Å². The first-order valence-corrected chi connectivity index (χ1v) is 7.45. The van der Waals surface area contributed by atoms with Gasteiger partial charge in [0.15, 0.2) is 0 Å². The van der Waals surface area contributed by atoms with E-state index in [-0.39, 0.29) is 5.84 Å². The molecule has 0 amide bonds. The predicted octanol–water partition coefficient (Wildman–Crippen LogP) is 2.60. The van der Waals surface area contributed by atoms with E-state index in [4.69, 9.17) is 15.9 Å². The lowest BCUT2D eigenvalue weighted by Gasteiger charge is -2.26. The van der Waals surface area contributed by atoms with Crippen molar-refractivity contribution in [3.8, 4) is 5.75 Å². The lowest BCUT2D eigenvalue weighted by atomic mass is 10.1. The van der Waals surface area contributed by atoms with Crippen LogP contribution < -0.4 is 10.5 Å². The molecular weight excluding hydrogens is 306 g/mol. The Morgan fingerprint density at radius 2 is 2.05 bits per heavy atom. The van der Waals surface area contributed by atoms with Crippen LogP contribution in [0.5, 0.6) is 5.75 Å². The van der Waals surface area contributed by atoms with Crippen molar-refractivity contribution >= 4 is 21.8 Å². The molecule has 19 heavy (non-hydrogen) atoms.